The number of benzene rings is 1. The largest absolute Gasteiger partial charge is 0.492 e. The van der Waals surface area contributed by atoms with E-state index in [2.05, 4.69) is 10.7 Å². The molecule has 8 heteroatoms. The Labute approximate surface area is 133 Å². The van der Waals surface area contributed by atoms with Crippen LogP contribution in [-0.4, -0.2) is 48.5 Å². The standard InChI is InChI=1S/C14H19ClFN3O3/c15-12-2-1-11(9-13(12)16)22-8-5-17-19-6-3-10(4-7-19)18-14(20)21/h1-2,9-10,17-18H,3-8H2,(H,20,21). The van der Waals surface area contributed by atoms with Crippen LogP contribution in [0.4, 0.5) is 9.18 Å². The van der Waals surface area contributed by atoms with Gasteiger partial charge in [0.1, 0.15) is 18.2 Å². The molecule has 22 heavy (non-hydrogen) atoms. The van der Waals surface area contributed by atoms with Crippen molar-refractivity contribution in [3.05, 3.63) is 29.0 Å². The van der Waals surface area contributed by atoms with Gasteiger partial charge in [-0.15, -0.1) is 0 Å². The molecule has 3 N–H and O–H groups in total. The van der Waals surface area contributed by atoms with Crippen LogP contribution in [0, 0.1) is 5.82 Å². The van der Waals surface area contributed by atoms with Gasteiger partial charge in [0.15, 0.2) is 0 Å². The second-order valence-corrected chi connectivity index (χ2v) is 5.45. The summed E-state index contributed by atoms with van der Waals surface area (Å²) in [6.07, 6.45) is 0.556. The first-order chi connectivity index (χ1) is 10.5. The van der Waals surface area contributed by atoms with E-state index < -0.39 is 11.9 Å². The first-order valence-corrected chi connectivity index (χ1v) is 7.48. The van der Waals surface area contributed by atoms with Gasteiger partial charge in [0.25, 0.3) is 0 Å². The van der Waals surface area contributed by atoms with E-state index in [4.69, 9.17) is 21.4 Å². The second-order valence-electron chi connectivity index (χ2n) is 5.04. The Morgan fingerprint density at radius 3 is 2.82 bits per heavy atom. The molecule has 1 amide bonds. The molecule has 0 radical (unpaired) electrons. The lowest BCUT2D eigenvalue weighted by atomic mass is 10.1. The highest BCUT2D eigenvalue weighted by molar-refractivity contribution is 6.30. The van der Waals surface area contributed by atoms with Crippen LogP contribution >= 0.6 is 11.6 Å². The third-order valence-corrected chi connectivity index (χ3v) is 3.73. The summed E-state index contributed by atoms with van der Waals surface area (Å²) in [4.78, 5) is 10.5. The van der Waals surface area contributed by atoms with E-state index in [1.807, 2.05) is 5.01 Å². The van der Waals surface area contributed by atoms with Gasteiger partial charge in [-0.2, -0.15) is 0 Å². The van der Waals surface area contributed by atoms with Crippen LogP contribution in [0.25, 0.3) is 0 Å². The van der Waals surface area contributed by atoms with Crippen molar-refractivity contribution in [1.82, 2.24) is 15.8 Å². The van der Waals surface area contributed by atoms with E-state index in [0.29, 0.717) is 18.9 Å². The number of nitrogens with zero attached hydrogens (tertiary/aromatic N) is 1. The van der Waals surface area contributed by atoms with E-state index in [1.54, 1.807) is 6.07 Å². The van der Waals surface area contributed by atoms with Crippen LogP contribution in [0.3, 0.4) is 0 Å². The van der Waals surface area contributed by atoms with Crippen molar-refractivity contribution in [2.45, 2.75) is 18.9 Å². The summed E-state index contributed by atoms with van der Waals surface area (Å²) in [6, 6.07) is 4.35. The second kappa shape index (κ2) is 8.17. The van der Waals surface area contributed by atoms with E-state index >= 15 is 0 Å². The molecule has 1 aliphatic rings. The minimum Gasteiger partial charge on any atom is -0.492 e. The minimum absolute atomic E-state index is 0.0174. The van der Waals surface area contributed by atoms with Gasteiger partial charge in [0.2, 0.25) is 0 Å². The van der Waals surface area contributed by atoms with Crippen LogP contribution in [0.5, 0.6) is 5.75 Å². The van der Waals surface area contributed by atoms with Crippen LogP contribution in [0.15, 0.2) is 18.2 Å². The number of carbonyl (C=O) groups is 1. The van der Waals surface area contributed by atoms with E-state index in [0.717, 1.165) is 25.9 Å². The van der Waals surface area contributed by atoms with Gasteiger partial charge in [-0.25, -0.2) is 14.2 Å². The van der Waals surface area contributed by atoms with Crippen molar-refractivity contribution in [2.24, 2.45) is 0 Å². The van der Waals surface area contributed by atoms with E-state index in [-0.39, 0.29) is 11.1 Å². The highest BCUT2D eigenvalue weighted by atomic mass is 35.5. The van der Waals surface area contributed by atoms with Crippen molar-refractivity contribution >= 4 is 17.7 Å². The molecule has 1 saturated heterocycles. The predicted octanol–water partition coefficient (Wildman–Crippen LogP) is 2.09. The number of carboxylic acid groups (broad SMARTS) is 1. The summed E-state index contributed by atoms with van der Waals surface area (Å²) in [7, 11) is 0. The molecule has 2 rings (SSSR count). The molecular weight excluding hydrogens is 313 g/mol. The lowest BCUT2D eigenvalue weighted by Gasteiger charge is -2.32. The van der Waals surface area contributed by atoms with Crippen molar-refractivity contribution in [2.75, 3.05) is 26.2 Å². The minimum atomic E-state index is -0.977. The molecule has 0 aliphatic carbocycles. The maximum Gasteiger partial charge on any atom is 0.404 e. The molecule has 1 heterocycles. The van der Waals surface area contributed by atoms with Crippen molar-refractivity contribution in [1.29, 1.82) is 0 Å². The topological polar surface area (TPSA) is 73.8 Å². The van der Waals surface area contributed by atoms with Crippen LogP contribution in [0.2, 0.25) is 5.02 Å². The molecule has 0 spiro atoms. The van der Waals surface area contributed by atoms with E-state index in [1.165, 1.54) is 12.1 Å². The zero-order chi connectivity index (χ0) is 15.9. The molecule has 0 saturated carbocycles. The number of rotatable bonds is 6. The monoisotopic (exact) mass is 331 g/mol. The zero-order valence-corrected chi connectivity index (χ0v) is 12.8. The Balaban J connectivity index is 1.61. The summed E-state index contributed by atoms with van der Waals surface area (Å²) in [5.74, 6) is -0.0619. The number of hydrogen-bond donors (Lipinski definition) is 3. The molecule has 122 valence electrons. The molecule has 1 aliphatic heterocycles. The highest BCUT2D eigenvalue weighted by Gasteiger charge is 2.19. The van der Waals surface area contributed by atoms with Gasteiger partial charge >= 0.3 is 6.09 Å². The number of amides is 1. The molecule has 6 nitrogen and oxygen atoms in total. The van der Waals surface area contributed by atoms with Gasteiger partial charge in [-0.05, 0) is 25.0 Å². The normalized spacial score (nSPS) is 16.5. The first kappa shape index (κ1) is 16.8. The summed E-state index contributed by atoms with van der Waals surface area (Å²) < 4.78 is 18.7. The average molecular weight is 332 g/mol. The molecule has 0 aromatic heterocycles. The predicted molar refractivity (Wildman–Crippen MR) is 80.7 cm³/mol. The SMILES string of the molecule is O=C(O)NC1CCN(NCCOc2ccc(Cl)c(F)c2)CC1. The molecule has 0 atom stereocenters. The highest BCUT2D eigenvalue weighted by Crippen LogP contribution is 2.20. The maximum atomic E-state index is 13.2. The Morgan fingerprint density at radius 2 is 2.18 bits per heavy atom. The molecule has 1 aromatic carbocycles. The van der Waals surface area contributed by atoms with Gasteiger partial charge in [-0.3, -0.25) is 5.43 Å². The summed E-state index contributed by atoms with van der Waals surface area (Å²) in [6.45, 7) is 2.51. The summed E-state index contributed by atoms with van der Waals surface area (Å²) in [5, 5.41) is 13.3. The third kappa shape index (κ3) is 5.32. The third-order valence-electron chi connectivity index (χ3n) is 3.42. The number of nitrogens with one attached hydrogen (secondary N) is 2. The molecular formula is C14H19ClFN3O3. The number of piperidine rings is 1. The van der Waals surface area contributed by atoms with Gasteiger partial charge in [0, 0.05) is 31.7 Å². The molecule has 1 fully saturated rings. The Morgan fingerprint density at radius 1 is 1.45 bits per heavy atom. The lowest BCUT2D eigenvalue weighted by Crippen LogP contribution is -2.50. The fraction of sp³-hybridized carbons (Fsp3) is 0.500. The number of halogens is 2. The fourth-order valence-corrected chi connectivity index (χ4v) is 2.41. The van der Waals surface area contributed by atoms with Crippen molar-refractivity contribution in [3.8, 4) is 5.75 Å². The van der Waals surface area contributed by atoms with Gasteiger partial charge in [0.05, 0.1) is 5.02 Å². The van der Waals surface area contributed by atoms with Crippen LogP contribution < -0.4 is 15.5 Å². The number of ether oxygens (including phenoxy) is 1. The Hall–Kier alpha value is -1.57. The molecule has 0 bridgehead atoms. The van der Waals surface area contributed by atoms with Crippen LogP contribution in [0.1, 0.15) is 12.8 Å². The van der Waals surface area contributed by atoms with Crippen molar-refractivity contribution in [3.63, 3.8) is 0 Å². The maximum absolute atomic E-state index is 13.2. The summed E-state index contributed by atoms with van der Waals surface area (Å²) in [5.41, 5.74) is 3.21. The Kier molecular flexibility index (Phi) is 6.23. The molecule has 0 unspecified atom stereocenters. The summed E-state index contributed by atoms with van der Waals surface area (Å²) >= 11 is 5.60. The zero-order valence-electron chi connectivity index (χ0n) is 12.0. The quantitative estimate of drug-likeness (QED) is 0.696. The Bertz CT molecular complexity index is 510. The molecule has 1 aromatic rings. The first-order valence-electron chi connectivity index (χ1n) is 7.10. The van der Waals surface area contributed by atoms with Gasteiger partial charge < -0.3 is 15.2 Å². The van der Waals surface area contributed by atoms with Gasteiger partial charge in [-0.1, -0.05) is 11.6 Å². The average Bonchev–Trinajstić information content (AvgIpc) is 2.48. The fourth-order valence-electron chi connectivity index (χ4n) is 2.30. The smallest absolute Gasteiger partial charge is 0.404 e. The van der Waals surface area contributed by atoms with Crippen molar-refractivity contribution < 1.29 is 19.0 Å². The number of hydrogen-bond acceptors (Lipinski definition) is 4. The number of hydrazine groups is 1. The van der Waals surface area contributed by atoms with Crippen LogP contribution in [-0.2, 0) is 0 Å². The lowest BCUT2D eigenvalue weighted by molar-refractivity contribution is 0.121. The van der Waals surface area contributed by atoms with E-state index in [9.17, 15) is 9.18 Å².